The van der Waals surface area contributed by atoms with Crippen LogP contribution >= 0.6 is 0 Å². The number of ether oxygens (including phenoxy) is 8. The van der Waals surface area contributed by atoms with Crippen LogP contribution in [-0.2, 0) is 22.6 Å². The number of amides is 3. The molecule has 0 saturated carbocycles. The van der Waals surface area contributed by atoms with Gasteiger partial charge in [0.25, 0.3) is 5.91 Å². The summed E-state index contributed by atoms with van der Waals surface area (Å²) in [5, 5.41) is 30.3. The van der Waals surface area contributed by atoms with Gasteiger partial charge in [0.2, 0.25) is 0 Å². The molecule has 8 heterocycles. The first-order valence-electron chi connectivity index (χ1n) is 31.8. The molecule has 2 fully saturated rings. The van der Waals surface area contributed by atoms with E-state index in [1.807, 2.05) is 94.8 Å². The van der Waals surface area contributed by atoms with Gasteiger partial charge in [0.15, 0.2) is 22.9 Å². The van der Waals surface area contributed by atoms with Crippen LogP contribution in [0.2, 0.25) is 0 Å². The number of fused-ring (bicyclic) bond motifs is 2. The Bertz CT molecular complexity index is 4420. The number of anilines is 4. The van der Waals surface area contributed by atoms with Gasteiger partial charge < -0.3 is 74.5 Å². The quantitative estimate of drug-likeness (QED) is 0.0502. The number of carbonyl (C=O) groups is 4. The number of likely N-dealkylation sites (tertiary alicyclic amines) is 2. The van der Waals surface area contributed by atoms with Gasteiger partial charge in [-0.3, -0.25) is 4.79 Å². The lowest BCUT2D eigenvalue weighted by molar-refractivity contribution is 0.0283. The summed E-state index contributed by atoms with van der Waals surface area (Å²) in [5.74, 6) is 5.62. The predicted octanol–water partition coefficient (Wildman–Crippen LogP) is 12.4. The Hall–Kier alpha value is -11.9. The number of carboxylic acids is 1. The highest BCUT2D eigenvalue weighted by atomic mass is 16.6. The molecular weight excluding hydrogens is 1270 g/mol. The highest BCUT2D eigenvalue weighted by Gasteiger charge is 2.33. The van der Waals surface area contributed by atoms with Gasteiger partial charge in [-0.2, -0.15) is 10.2 Å². The van der Waals surface area contributed by atoms with E-state index in [-0.39, 0.29) is 35.7 Å². The van der Waals surface area contributed by atoms with Gasteiger partial charge in [0.1, 0.15) is 79.6 Å². The van der Waals surface area contributed by atoms with Crippen molar-refractivity contribution in [2.45, 2.75) is 90.8 Å². The molecule has 0 spiro atoms. The lowest BCUT2D eigenvalue weighted by Gasteiger charge is -2.24. The van der Waals surface area contributed by atoms with Crippen molar-refractivity contribution in [3.8, 4) is 46.0 Å². The average Bonchev–Trinajstić information content (AvgIpc) is 1.64. The number of rotatable bonds is 19. The number of benzene rings is 4. The number of nitrogens with zero attached hydrogens (tertiary/aromatic N) is 10. The molecule has 10 aromatic rings. The van der Waals surface area contributed by atoms with E-state index in [1.54, 1.807) is 141 Å². The van der Waals surface area contributed by atoms with Crippen LogP contribution in [0.3, 0.4) is 0 Å². The zero-order valence-corrected chi connectivity index (χ0v) is 56.7. The highest BCUT2D eigenvalue weighted by Crippen LogP contribution is 2.38. The number of hydrogen-bond donors (Lipinski definition) is 5. The van der Waals surface area contributed by atoms with Gasteiger partial charge >= 0.3 is 18.2 Å². The number of methoxy groups -OCH3 is 4. The molecule has 2 atom stereocenters. The van der Waals surface area contributed by atoms with E-state index in [4.69, 9.17) is 53.8 Å². The smallest absolute Gasteiger partial charge is 0.410 e. The molecule has 0 bridgehead atoms. The Labute approximate surface area is 572 Å². The maximum atomic E-state index is 12.9. The van der Waals surface area contributed by atoms with E-state index in [2.05, 4.69) is 35.9 Å². The van der Waals surface area contributed by atoms with E-state index in [0.717, 1.165) is 41.2 Å². The van der Waals surface area contributed by atoms with Gasteiger partial charge in [-0.05, 0) is 150 Å². The summed E-state index contributed by atoms with van der Waals surface area (Å²) in [4.78, 5) is 70.2. The molecule has 516 valence electrons. The fourth-order valence-corrected chi connectivity index (χ4v) is 10.6. The Balaban J connectivity index is 0.000000192. The molecule has 0 aliphatic carbocycles. The topological polar surface area (TPSA) is 318 Å². The van der Waals surface area contributed by atoms with Gasteiger partial charge in [-0.15, -0.1) is 0 Å². The second-order valence-electron chi connectivity index (χ2n) is 25.1. The number of nitrogens with two attached hydrogens (primary N) is 1. The third kappa shape index (κ3) is 18.8. The lowest BCUT2D eigenvalue weighted by atomic mass is 10.2. The Morgan fingerprint density at radius 3 is 1.31 bits per heavy atom. The number of aromatic nitrogens is 8. The van der Waals surface area contributed by atoms with Crippen molar-refractivity contribution in [2.75, 3.05) is 76.3 Å². The Morgan fingerprint density at radius 2 is 0.909 bits per heavy atom. The molecule has 27 heteroatoms. The van der Waals surface area contributed by atoms with E-state index in [9.17, 15) is 24.3 Å². The highest BCUT2D eigenvalue weighted by molar-refractivity contribution is 6.04. The van der Waals surface area contributed by atoms with Gasteiger partial charge in [0.05, 0.1) is 47.1 Å². The molecule has 0 unspecified atom stereocenters. The molecule has 12 rings (SSSR count). The monoisotopic (exact) mass is 1350 g/mol. The molecule has 2 aliphatic heterocycles. The number of aromatic carboxylic acids is 1. The van der Waals surface area contributed by atoms with Crippen molar-refractivity contribution in [3.63, 3.8) is 0 Å². The van der Waals surface area contributed by atoms with Crippen molar-refractivity contribution in [1.29, 1.82) is 0 Å². The molecule has 6 N–H and O–H groups in total. The van der Waals surface area contributed by atoms with E-state index in [1.165, 1.54) is 12.1 Å². The summed E-state index contributed by atoms with van der Waals surface area (Å²) >= 11 is 0. The minimum absolute atomic E-state index is 0.0574. The SMILES string of the molecule is COc1ccc(Cn2nc(N[C@@H]3CCN(C(=O)OC(C)(C)C)C3)c3c(Oc4ccc(C(=O)Nc5cc(OC)ccn5)cc4)ccnc32)cc1.COc1ccc(Cn2nc(N[C@@H]3CCN(C(=O)OC(C)(C)C)C3)c3c(Oc4ccc(C(=O)O)cc4)ccnc32)cc1.COc1ccnc(N)c1. The molecule has 0 radical (unpaired) electrons. The minimum atomic E-state index is -1.01. The Morgan fingerprint density at radius 1 is 0.505 bits per heavy atom. The summed E-state index contributed by atoms with van der Waals surface area (Å²) < 4.78 is 48.1. The van der Waals surface area contributed by atoms with E-state index < -0.39 is 17.2 Å². The van der Waals surface area contributed by atoms with Crippen LogP contribution in [0.15, 0.2) is 158 Å². The Kier molecular flexibility index (Phi) is 22.1. The summed E-state index contributed by atoms with van der Waals surface area (Å²) in [6, 6.07) is 38.7. The van der Waals surface area contributed by atoms with Crippen molar-refractivity contribution in [3.05, 3.63) is 181 Å². The molecule has 6 aromatic heterocycles. The fourth-order valence-electron chi connectivity index (χ4n) is 10.6. The zero-order valence-electron chi connectivity index (χ0n) is 56.7. The second kappa shape index (κ2) is 31.3. The molecule has 4 aromatic carbocycles. The van der Waals surface area contributed by atoms with Crippen LogP contribution in [0.5, 0.6) is 46.0 Å². The van der Waals surface area contributed by atoms with E-state index >= 15 is 0 Å². The van der Waals surface area contributed by atoms with Crippen LogP contribution in [-0.4, -0.2) is 156 Å². The number of carbonyl (C=O) groups excluding carboxylic acids is 3. The number of pyridine rings is 4. The minimum Gasteiger partial charge on any atom is -0.497 e. The van der Waals surface area contributed by atoms with Crippen LogP contribution in [0.25, 0.3) is 22.1 Å². The van der Waals surface area contributed by atoms with Gasteiger partial charge in [0, 0.05) is 92.9 Å². The predicted molar refractivity (Wildman–Crippen MR) is 373 cm³/mol. The first-order valence-corrected chi connectivity index (χ1v) is 31.8. The average molecular weight is 1350 g/mol. The summed E-state index contributed by atoms with van der Waals surface area (Å²) in [7, 11) is 6.40. The normalized spacial score (nSPS) is 14.2. The summed E-state index contributed by atoms with van der Waals surface area (Å²) in [6.07, 6.45) is 7.26. The maximum Gasteiger partial charge on any atom is 0.410 e. The van der Waals surface area contributed by atoms with Crippen LogP contribution in [0, 0.1) is 0 Å². The third-order valence-electron chi connectivity index (χ3n) is 15.4. The van der Waals surface area contributed by atoms with Crippen molar-refractivity contribution in [2.24, 2.45) is 0 Å². The standard InChI is InChI=1S/C36H39N7O6.C30H33N5O6.C6H8N2O/c1-36(2,3)49-35(45)42-19-16-25(22-42)39-32-31-29(15-18-38-33(31)43(41-32)21-23-6-10-26(46-4)11-7-23)48-27-12-8-24(9-13-27)34(44)40-30-20-28(47-5)14-17-37-30;1-30(2,3)41-29(38)34-16-14-21(18-34)32-26-25-24(40-23-11-7-20(8-12-23)28(36)37)13-15-31-27(25)35(33-26)17-19-5-9-22(39-4)10-6-19;1-9-5-2-3-8-6(7)4-5/h6-15,17-18,20,25H,16,19,21-22H2,1-5H3,(H,39,41)(H,37,40,44);5-13,15,21H,14,16-18H2,1-4H3,(H,32,33)(H,36,37);2-4H,1H3,(H2,7,8)/t25-;21-;/m11./s1. The van der Waals surface area contributed by atoms with Gasteiger partial charge in [-0.25, -0.2) is 43.7 Å². The number of hydrogen-bond acceptors (Lipinski definition) is 21. The number of carboxylic acid groups (broad SMARTS) is 1. The van der Waals surface area contributed by atoms with Crippen LogP contribution < -0.4 is 50.1 Å². The van der Waals surface area contributed by atoms with Gasteiger partial charge in [-0.1, -0.05) is 24.3 Å². The molecule has 27 nitrogen and oxygen atoms in total. The van der Waals surface area contributed by atoms with Crippen molar-refractivity contribution in [1.82, 2.24) is 49.3 Å². The number of nitrogen functional groups attached to an aromatic ring is 1. The lowest BCUT2D eigenvalue weighted by Crippen LogP contribution is -2.36. The summed E-state index contributed by atoms with van der Waals surface area (Å²) in [5.41, 5.74) is 8.06. The maximum absolute atomic E-state index is 12.9. The van der Waals surface area contributed by atoms with Crippen molar-refractivity contribution < 1.29 is 62.2 Å². The first kappa shape index (κ1) is 69.9. The second-order valence-corrected chi connectivity index (χ2v) is 25.1. The van der Waals surface area contributed by atoms with Crippen LogP contribution in [0.4, 0.5) is 32.9 Å². The number of nitrogens with one attached hydrogen (secondary N) is 3. The van der Waals surface area contributed by atoms with Crippen molar-refractivity contribution >= 4 is 69.4 Å². The zero-order chi connectivity index (χ0) is 70.4. The molecular formula is C72H80N14O13. The van der Waals surface area contributed by atoms with Crippen LogP contribution in [0.1, 0.15) is 86.2 Å². The molecule has 3 amide bonds. The third-order valence-corrected chi connectivity index (χ3v) is 15.4. The largest absolute Gasteiger partial charge is 0.497 e. The molecule has 99 heavy (non-hydrogen) atoms. The molecule has 2 aliphatic rings. The summed E-state index contributed by atoms with van der Waals surface area (Å²) in [6.45, 7) is 14.1. The first-order chi connectivity index (χ1) is 47.5. The van der Waals surface area contributed by atoms with E-state index in [0.29, 0.717) is 119 Å². The fraction of sp³-hybridized carbons (Fsp3) is 0.306. The molecule has 2 saturated heterocycles.